The van der Waals surface area contributed by atoms with Gasteiger partial charge >= 0.3 is 6.09 Å². The molecule has 3 aliphatic rings. The average Bonchev–Trinajstić information content (AvgIpc) is 3.24. The minimum atomic E-state index is -0.483. The second kappa shape index (κ2) is 10.5. The first-order valence-corrected chi connectivity index (χ1v) is 12.8. The molecule has 2 aromatic rings. The summed E-state index contributed by atoms with van der Waals surface area (Å²) in [6.45, 7) is 4.21. The van der Waals surface area contributed by atoms with Gasteiger partial charge in [0.25, 0.3) is 0 Å². The highest BCUT2D eigenvalue weighted by Gasteiger charge is 2.35. The molecule has 3 atom stereocenters. The number of carbonyl (C=O) groups is 1. The minimum absolute atomic E-state index is 0.0511. The number of aromatic nitrogens is 2. The number of halogens is 2. The summed E-state index contributed by atoms with van der Waals surface area (Å²) in [4.78, 5) is 24.8. The summed E-state index contributed by atoms with van der Waals surface area (Å²) in [6, 6.07) is 3.09. The Bertz CT molecular complexity index is 1060. The Morgan fingerprint density at radius 2 is 1.83 bits per heavy atom. The summed E-state index contributed by atoms with van der Waals surface area (Å²) >= 11 is 0. The molecule has 2 aliphatic heterocycles. The van der Waals surface area contributed by atoms with Crippen LogP contribution in [-0.2, 0) is 4.74 Å². The monoisotopic (exact) mass is 501 g/mol. The van der Waals surface area contributed by atoms with Gasteiger partial charge in [-0.2, -0.15) is 0 Å². The molecular formula is C26H33F2N5O3. The molecule has 3 fully saturated rings. The van der Waals surface area contributed by atoms with Crippen molar-refractivity contribution in [2.24, 2.45) is 11.7 Å². The number of anilines is 1. The van der Waals surface area contributed by atoms with Crippen LogP contribution in [0.2, 0.25) is 0 Å². The van der Waals surface area contributed by atoms with Gasteiger partial charge in [0.1, 0.15) is 17.7 Å². The molecular weight excluding hydrogens is 468 g/mol. The van der Waals surface area contributed by atoms with Gasteiger partial charge in [-0.25, -0.2) is 23.5 Å². The zero-order valence-corrected chi connectivity index (χ0v) is 20.5. The predicted octanol–water partition coefficient (Wildman–Crippen LogP) is 3.85. The van der Waals surface area contributed by atoms with Gasteiger partial charge in [-0.05, 0) is 68.7 Å². The summed E-state index contributed by atoms with van der Waals surface area (Å²) in [5.74, 6) is 0.0621. The molecule has 0 unspecified atom stereocenters. The highest BCUT2D eigenvalue weighted by molar-refractivity contribution is 5.68. The first-order chi connectivity index (χ1) is 17.4. The molecule has 10 heteroatoms. The van der Waals surface area contributed by atoms with Gasteiger partial charge in [0.2, 0.25) is 5.95 Å². The molecule has 2 N–H and O–H groups in total. The van der Waals surface area contributed by atoms with Crippen LogP contribution in [0.15, 0.2) is 30.6 Å². The van der Waals surface area contributed by atoms with E-state index in [9.17, 15) is 13.6 Å². The number of piperidine rings is 1. The number of nitrogens with two attached hydrogens (primary N) is 1. The largest absolute Gasteiger partial charge is 0.487 e. The molecule has 3 heterocycles. The van der Waals surface area contributed by atoms with E-state index >= 15 is 0 Å². The molecule has 1 aromatic heterocycles. The first-order valence-electron chi connectivity index (χ1n) is 12.8. The standard InChI is InChI=1S/C26H33F2N5O3/c1-16(17-7-9-32(10-8-17)26(34)36-19-3-2-4-19)35-20-12-30-25(31-13-20)33-14-22(24(29)15-33)21-11-18(27)5-6-23(21)28/h5-6,11-13,16-17,19,22,24H,2-4,7-10,14-15,29H2,1H3/t16-,22+,24-/m0/s1. The summed E-state index contributed by atoms with van der Waals surface area (Å²) in [5.41, 5.74) is 6.53. The van der Waals surface area contributed by atoms with Gasteiger partial charge in [-0.15, -0.1) is 0 Å². The molecule has 5 rings (SSSR count). The fourth-order valence-corrected chi connectivity index (χ4v) is 5.22. The third-order valence-corrected chi connectivity index (χ3v) is 7.72. The number of likely N-dealkylation sites (tertiary alicyclic amines) is 1. The summed E-state index contributed by atoms with van der Waals surface area (Å²) < 4.78 is 39.5. The van der Waals surface area contributed by atoms with Gasteiger partial charge in [0.05, 0.1) is 18.5 Å². The van der Waals surface area contributed by atoms with E-state index in [2.05, 4.69) is 9.97 Å². The fraction of sp³-hybridized carbons (Fsp3) is 0.577. The molecule has 1 saturated carbocycles. The average molecular weight is 502 g/mol. The van der Waals surface area contributed by atoms with Crippen LogP contribution < -0.4 is 15.4 Å². The Hall–Kier alpha value is -3.01. The number of nitrogens with zero attached hydrogens (tertiary/aromatic N) is 4. The SMILES string of the molecule is C[C@H](Oc1cnc(N2C[C@H](c3cc(F)ccc3F)[C@@H](N)C2)nc1)C1CCN(C(=O)OC2CCC2)CC1. The molecule has 0 bridgehead atoms. The summed E-state index contributed by atoms with van der Waals surface area (Å²) in [7, 11) is 0. The Balaban J connectivity index is 1.12. The number of benzene rings is 1. The molecule has 8 nitrogen and oxygen atoms in total. The quantitative estimate of drug-likeness (QED) is 0.643. The Labute approximate surface area is 209 Å². The highest BCUT2D eigenvalue weighted by atomic mass is 19.1. The number of hydrogen-bond acceptors (Lipinski definition) is 7. The van der Waals surface area contributed by atoms with E-state index < -0.39 is 11.6 Å². The predicted molar refractivity (Wildman–Crippen MR) is 130 cm³/mol. The van der Waals surface area contributed by atoms with E-state index in [4.69, 9.17) is 15.2 Å². The topological polar surface area (TPSA) is 93.8 Å². The lowest BCUT2D eigenvalue weighted by Crippen LogP contribution is -2.43. The lowest BCUT2D eigenvalue weighted by Gasteiger charge is -2.36. The van der Waals surface area contributed by atoms with Crippen molar-refractivity contribution in [2.45, 2.75) is 63.2 Å². The van der Waals surface area contributed by atoms with E-state index in [-0.39, 0.29) is 35.8 Å². The zero-order valence-electron chi connectivity index (χ0n) is 20.5. The van der Waals surface area contributed by atoms with E-state index in [0.29, 0.717) is 43.8 Å². The van der Waals surface area contributed by atoms with Crippen LogP contribution in [0.3, 0.4) is 0 Å². The van der Waals surface area contributed by atoms with Crippen molar-refractivity contribution in [1.29, 1.82) is 0 Å². The third kappa shape index (κ3) is 5.38. The lowest BCUT2D eigenvalue weighted by atomic mass is 9.92. The van der Waals surface area contributed by atoms with Gasteiger partial charge < -0.3 is 25.0 Å². The second-order valence-electron chi connectivity index (χ2n) is 10.1. The molecule has 1 amide bonds. The van der Waals surface area contributed by atoms with E-state index in [0.717, 1.165) is 44.2 Å². The minimum Gasteiger partial charge on any atom is -0.487 e. The maximum Gasteiger partial charge on any atom is 0.410 e. The fourth-order valence-electron chi connectivity index (χ4n) is 5.22. The molecule has 2 saturated heterocycles. The van der Waals surface area contributed by atoms with Crippen molar-refractivity contribution in [3.05, 3.63) is 47.8 Å². The van der Waals surface area contributed by atoms with Crippen LogP contribution in [0.5, 0.6) is 5.75 Å². The first kappa shape index (κ1) is 24.7. The normalized spacial score (nSPS) is 23.9. The van der Waals surface area contributed by atoms with E-state index in [1.54, 1.807) is 17.3 Å². The van der Waals surface area contributed by atoms with Crippen LogP contribution in [0, 0.1) is 17.6 Å². The van der Waals surface area contributed by atoms with Gasteiger partial charge in [-0.3, -0.25) is 0 Å². The lowest BCUT2D eigenvalue weighted by molar-refractivity contribution is 0.0144. The third-order valence-electron chi connectivity index (χ3n) is 7.72. The van der Waals surface area contributed by atoms with Crippen molar-refractivity contribution in [3.63, 3.8) is 0 Å². The van der Waals surface area contributed by atoms with Crippen molar-refractivity contribution in [1.82, 2.24) is 14.9 Å². The van der Waals surface area contributed by atoms with Crippen LogP contribution >= 0.6 is 0 Å². The number of carbonyl (C=O) groups excluding carboxylic acids is 1. The smallest absolute Gasteiger partial charge is 0.410 e. The van der Waals surface area contributed by atoms with Crippen molar-refractivity contribution >= 4 is 12.0 Å². The zero-order chi connectivity index (χ0) is 25.2. The summed E-state index contributed by atoms with van der Waals surface area (Å²) in [5, 5.41) is 0. The maximum atomic E-state index is 14.3. The van der Waals surface area contributed by atoms with Gasteiger partial charge in [0, 0.05) is 38.1 Å². The van der Waals surface area contributed by atoms with E-state index in [1.807, 2.05) is 11.8 Å². The van der Waals surface area contributed by atoms with Crippen LogP contribution in [-0.4, -0.2) is 65.4 Å². The number of ether oxygens (including phenoxy) is 2. The molecule has 36 heavy (non-hydrogen) atoms. The van der Waals surface area contributed by atoms with Crippen LogP contribution in [0.25, 0.3) is 0 Å². The maximum absolute atomic E-state index is 14.3. The highest BCUT2D eigenvalue weighted by Crippen LogP contribution is 2.31. The van der Waals surface area contributed by atoms with Crippen LogP contribution in [0.1, 0.15) is 50.5 Å². The molecule has 0 spiro atoms. The number of amides is 1. The van der Waals surface area contributed by atoms with Gasteiger partial charge in [-0.1, -0.05) is 0 Å². The Morgan fingerprint density at radius 1 is 1.11 bits per heavy atom. The molecule has 0 radical (unpaired) electrons. The Morgan fingerprint density at radius 3 is 2.50 bits per heavy atom. The molecule has 1 aromatic carbocycles. The van der Waals surface area contributed by atoms with Crippen LogP contribution in [0.4, 0.5) is 19.5 Å². The molecule has 1 aliphatic carbocycles. The second-order valence-corrected chi connectivity index (χ2v) is 10.1. The Kier molecular flexibility index (Phi) is 7.22. The van der Waals surface area contributed by atoms with Crippen molar-refractivity contribution < 1.29 is 23.0 Å². The van der Waals surface area contributed by atoms with Gasteiger partial charge in [0.15, 0.2) is 5.75 Å². The number of hydrogen-bond donors (Lipinski definition) is 1. The summed E-state index contributed by atoms with van der Waals surface area (Å²) in [6.07, 6.45) is 7.91. The van der Waals surface area contributed by atoms with Crippen molar-refractivity contribution in [2.75, 3.05) is 31.1 Å². The number of rotatable bonds is 6. The van der Waals surface area contributed by atoms with E-state index in [1.165, 1.54) is 6.07 Å². The van der Waals surface area contributed by atoms with Crippen molar-refractivity contribution in [3.8, 4) is 5.75 Å². The molecule has 194 valence electrons.